The smallest absolute Gasteiger partial charge is 0.230 e. The van der Waals surface area contributed by atoms with Crippen LogP contribution in [0, 0.1) is 0 Å². The molecule has 0 heterocycles. The third kappa shape index (κ3) is 4.21. The van der Waals surface area contributed by atoms with Crippen LogP contribution in [0.1, 0.15) is 18.9 Å². The fourth-order valence-electron chi connectivity index (χ4n) is 2.13. The van der Waals surface area contributed by atoms with Gasteiger partial charge in [-0.2, -0.15) is 0 Å². The standard InChI is InChI=1S/C18H20N2O/c1-2-20(17-13-11-16(19)12-14-17)18(21)10-6-9-15-7-4-3-5-8-15/h3-9,11-14H,2,10,19H2,1H3/b9-6+. The first-order chi connectivity index (χ1) is 10.2. The molecule has 0 radical (unpaired) electrons. The molecule has 2 aromatic carbocycles. The summed E-state index contributed by atoms with van der Waals surface area (Å²) in [6.07, 6.45) is 4.25. The van der Waals surface area contributed by atoms with Crippen molar-refractivity contribution < 1.29 is 4.79 Å². The third-order valence-corrected chi connectivity index (χ3v) is 3.22. The molecule has 0 spiro atoms. The summed E-state index contributed by atoms with van der Waals surface area (Å²) in [7, 11) is 0. The Morgan fingerprint density at radius 3 is 2.38 bits per heavy atom. The summed E-state index contributed by atoms with van der Waals surface area (Å²) in [4.78, 5) is 14.1. The first-order valence-corrected chi connectivity index (χ1v) is 7.08. The molecular formula is C18H20N2O. The molecule has 0 saturated carbocycles. The Balaban J connectivity index is 2.00. The van der Waals surface area contributed by atoms with Crippen LogP contribution in [0.25, 0.3) is 6.08 Å². The zero-order valence-corrected chi connectivity index (χ0v) is 12.2. The molecule has 0 saturated heterocycles. The molecule has 0 aliphatic carbocycles. The van der Waals surface area contributed by atoms with Crippen LogP contribution in [-0.2, 0) is 4.79 Å². The van der Waals surface area contributed by atoms with Crippen molar-refractivity contribution in [3.63, 3.8) is 0 Å². The van der Waals surface area contributed by atoms with Gasteiger partial charge in [0.15, 0.2) is 0 Å². The maximum Gasteiger partial charge on any atom is 0.230 e. The molecule has 2 rings (SSSR count). The Morgan fingerprint density at radius 1 is 1.10 bits per heavy atom. The molecule has 3 nitrogen and oxygen atoms in total. The van der Waals surface area contributed by atoms with Crippen molar-refractivity contribution in [2.24, 2.45) is 0 Å². The van der Waals surface area contributed by atoms with Gasteiger partial charge in [0.1, 0.15) is 0 Å². The first-order valence-electron chi connectivity index (χ1n) is 7.08. The average molecular weight is 280 g/mol. The second kappa shape index (κ2) is 7.29. The quantitative estimate of drug-likeness (QED) is 0.848. The highest BCUT2D eigenvalue weighted by atomic mass is 16.2. The van der Waals surface area contributed by atoms with E-state index in [2.05, 4.69) is 0 Å². The Hall–Kier alpha value is -2.55. The van der Waals surface area contributed by atoms with Crippen molar-refractivity contribution in [3.8, 4) is 0 Å². The van der Waals surface area contributed by atoms with Crippen molar-refractivity contribution in [1.29, 1.82) is 0 Å². The fourth-order valence-corrected chi connectivity index (χ4v) is 2.13. The van der Waals surface area contributed by atoms with E-state index in [9.17, 15) is 4.79 Å². The number of carbonyl (C=O) groups excluding carboxylic acids is 1. The number of carbonyl (C=O) groups is 1. The highest BCUT2D eigenvalue weighted by Gasteiger charge is 2.11. The van der Waals surface area contributed by atoms with Crippen LogP contribution in [0.3, 0.4) is 0 Å². The van der Waals surface area contributed by atoms with Gasteiger partial charge in [-0.3, -0.25) is 4.79 Å². The molecular weight excluding hydrogens is 260 g/mol. The third-order valence-electron chi connectivity index (χ3n) is 3.22. The van der Waals surface area contributed by atoms with Crippen LogP contribution in [0.4, 0.5) is 11.4 Å². The largest absolute Gasteiger partial charge is 0.399 e. The fraction of sp³-hybridized carbons (Fsp3) is 0.167. The van der Waals surface area contributed by atoms with E-state index in [1.165, 1.54) is 0 Å². The van der Waals surface area contributed by atoms with Crippen molar-refractivity contribution in [2.75, 3.05) is 17.2 Å². The topological polar surface area (TPSA) is 46.3 Å². The number of hydrogen-bond donors (Lipinski definition) is 1. The van der Waals surface area contributed by atoms with Gasteiger partial charge in [0.25, 0.3) is 0 Å². The molecule has 21 heavy (non-hydrogen) atoms. The lowest BCUT2D eigenvalue weighted by atomic mass is 10.2. The number of benzene rings is 2. The number of amides is 1. The molecule has 0 bridgehead atoms. The van der Waals surface area contributed by atoms with E-state index in [0.29, 0.717) is 18.7 Å². The molecule has 0 atom stereocenters. The van der Waals surface area contributed by atoms with E-state index >= 15 is 0 Å². The van der Waals surface area contributed by atoms with Gasteiger partial charge in [-0.25, -0.2) is 0 Å². The van der Waals surface area contributed by atoms with Crippen molar-refractivity contribution in [3.05, 3.63) is 66.2 Å². The van der Waals surface area contributed by atoms with E-state index in [4.69, 9.17) is 5.73 Å². The zero-order valence-electron chi connectivity index (χ0n) is 12.2. The lowest BCUT2D eigenvalue weighted by Gasteiger charge is -2.20. The summed E-state index contributed by atoms with van der Waals surface area (Å²) in [5.74, 6) is 0.0782. The zero-order chi connectivity index (χ0) is 15.1. The molecule has 0 aromatic heterocycles. The average Bonchev–Trinajstić information content (AvgIpc) is 2.51. The van der Waals surface area contributed by atoms with E-state index in [0.717, 1.165) is 11.3 Å². The number of rotatable bonds is 5. The highest BCUT2D eigenvalue weighted by Crippen LogP contribution is 2.17. The summed E-state index contributed by atoms with van der Waals surface area (Å²) in [6.45, 7) is 2.61. The monoisotopic (exact) mass is 280 g/mol. The molecule has 0 unspecified atom stereocenters. The van der Waals surface area contributed by atoms with Gasteiger partial charge in [0, 0.05) is 24.3 Å². The highest BCUT2D eigenvalue weighted by molar-refractivity contribution is 5.94. The maximum atomic E-state index is 12.3. The lowest BCUT2D eigenvalue weighted by molar-refractivity contribution is -0.117. The van der Waals surface area contributed by atoms with Crippen LogP contribution in [0.15, 0.2) is 60.7 Å². The van der Waals surface area contributed by atoms with Gasteiger partial charge in [-0.15, -0.1) is 0 Å². The molecule has 1 amide bonds. The summed E-state index contributed by atoms with van der Waals surface area (Å²) < 4.78 is 0. The summed E-state index contributed by atoms with van der Waals surface area (Å²) in [6, 6.07) is 17.3. The van der Waals surface area contributed by atoms with Crippen LogP contribution in [0.2, 0.25) is 0 Å². The van der Waals surface area contributed by atoms with Crippen LogP contribution >= 0.6 is 0 Å². The van der Waals surface area contributed by atoms with Crippen LogP contribution < -0.4 is 10.6 Å². The predicted octanol–water partition coefficient (Wildman–Crippen LogP) is 3.73. The lowest BCUT2D eigenvalue weighted by Crippen LogP contribution is -2.29. The van der Waals surface area contributed by atoms with E-state index < -0.39 is 0 Å². The normalized spacial score (nSPS) is 10.7. The number of nitrogens with zero attached hydrogens (tertiary/aromatic N) is 1. The minimum atomic E-state index is 0.0782. The Labute approximate surface area is 125 Å². The van der Waals surface area contributed by atoms with E-state index in [1.54, 1.807) is 4.90 Å². The van der Waals surface area contributed by atoms with E-state index in [1.807, 2.05) is 73.7 Å². The number of nitrogen functional groups attached to an aromatic ring is 1. The SMILES string of the molecule is CCN(C(=O)C/C=C/c1ccccc1)c1ccc(N)cc1. The predicted molar refractivity (Wildman–Crippen MR) is 89.0 cm³/mol. The summed E-state index contributed by atoms with van der Waals surface area (Å²) in [5, 5.41) is 0. The van der Waals surface area contributed by atoms with Crippen LogP contribution in [-0.4, -0.2) is 12.5 Å². The van der Waals surface area contributed by atoms with E-state index in [-0.39, 0.29) is 5.91 Å². The second-order valence-corrected chi connectivity index (χ2v) is 4.75. The summed E-state index contributed by atoms with van der Waals surface area (Å²) in [5.41, 5.74) is 8.35. The van der Waals surface area contributed by atoms with Gasteiger partial charge in [-0.05, 0) is 36.8 Å². The van der Waals surface area contributed by atoms with Crippen molar-refractivity contribution in [1.82, 2.24) is 0 Å². The molecule has 0 aliphatic heterocycles. The molecule has 2 N–H and O–H groups in total. The second-order valence-electron chi connectivity index (χ2n) is 4.75. The Bertz CT molecular complexity index is 603. The molecule has 0 fully saturated rings. The molecule has 0 aliphatic rings. The number of hydrogen-bond acceptors (Lipinski definition) is 2. The molecule has 3 heteroatoms. The molecule has 2 aromatic rings. The Morgan fingerprint density at radius 2 is 1.76 bits per heavy atom. The number of anilines is 2. The van der Waals surface area contributed by atoms with Gasteiger partial charge in [0.05, 0.1) is 0 Å². The van der Waals surface area contributed by atoms with Gasteiger partial charge in [-0.1, -0.05) is 42.5 Å². The molecule has 108 valence electrons. The van der Waals surface area contributed by atoms with Crippen molar-refractivity contribution >= 4 is 23.4 Å². The maximum absolute atomic E-state index is 12.3. The first kappa shape index (κ1) is 14.9. The van der Waals surface area contributed by atoms with Gasteiger partial charge < -0.3 is 10.6 Å². The van der Waals surface area contributed by atoms with Crippen LogP contribution in [0.5, 0.6) is 0 Å². The Kier molecular flexibility index (Phi) is 5.16. The minimum Gasteiger partial charge on any atom is -0.399 e. The number of nitrogens with two attached hydrogens (primary N) is 1. The van der Waals surface area contributed by atoms with Crippen molar-refractivity contribution in [2.45, 2.75) is 13.3 Å². The summed E-state index contributed by atoms with van der Waals surface area (Å²) >= 11 is 0. The van der Waals surface area contributed by atoms with Gasteiger partial charge >= 0.3 is 0 Å². The van der Waals surface area contributed by atoms with Gasteiger partial charge in [0.2, 0.25) is 5.91 Å². The minimum absolute atomic E-state index is 0.0782.